The number of fused-ring (bicyclic) bond motifs is 1. The first kappa shape index (κ1) is 31.7. The fourth-order valence-electron chi connectivity index (χ4n) is 5.10. The Kier molecular flexibility index (Phi) is 8.59. The molecule has 3 aromatic carbocycles. The molecule has 6 rings (SSSR count). The summed E-state index contributed by atoms with van der Waals surface area (Å²) in [6, 6.07) is 13.9. The SMILES string of the molecule is O=C(NCc1ccc(OC(F)(F)F)cc1F)c1c2n(c(=O)n1-c1ccc(OC3CC3)cc1)CCN(C(=O)c1ccc(Br)c(Cl)c1)C2. The number of ether oxygens (including phenoxy) is 2. The summed E-state index contributed by atoms with van der Waals surface area (Å²) < 4.78 is 65.1. The predicted molar refractivity (Wildman–Crippen MR) is 162 cm³/mol. The van der Waals surface area contributed by atoms with Crippen LogP contribution in [-0.2, 0) is 19.6 Å². The van der Waals surface area contributed by atoms with Gasteiger partial charge in [-0.2, -0.15) is 0 Å². The van der Waals surface area contributed by atoms with Crippen LogP contribution in [0.2, 0.25) is 5.02 Å². The zero-order valence-electron chi connectivity index (χ0n) is 23.7. The van der Waals surface area contributed by atoms with E-state index in [-0.39, 0.29) is 48.6 Å². The minimum absolute atomic E-state index is 0.0790. The van der Waals surface area contributed by atoms with Gasteiger partial charge in [0, 0.05) is 41.3 Å². The normalized spacial score (nSPS) is 14.5. The number of imidazole rings is 1. The molecule has 1 saturated carbocycles. The Morgan fingerprint density at radius 3 is 2.37 bits per heavy atom. The topological polar surface area (TPSA) is 94.8 Å². The number of carbonyl (C=O) groups is 2. The van der Waals surface area contributed by atoms with Crippen molar-refractivity contribution in [1.29, 1.82) is 0 Å². The van der Waals surface area contributed by atoms with Crippen LogP contribution in [0.5, 0.6) is 11.5 Å². The maximum atomic E-state index is 14.7. The molecule has 1 aromatic heterocycles. The second-order valence-corrected chi connectivity index (χ2v) is 12.0. The summed E-state index contributed by atoms with van der Waals surface area (Å²) in [4.78, 5) is 42.4. The summed E-state index contributed by atoms with van der Waals surface area (Å²) in [5.41, 5.74) is 0.208. The van der Waals surface area contributed by atoms with Crippen LogP contribution in [0.1, 0.15) is 44.9 Å². The molecule has 0 spiro atoms. The molecule has 2 heterocycles. The highest BCUT2D eigenvalue weighted by atomic mass is 79.9. The van der Waals surface area contributed by atoms with E-state index in [9.17, 15) is 31.9 Å². The van der Waals surface area contributed by atoms with Crippen LogP contribution >= 0.6 is 27.5 Å². The van der Waals surface area contributed by atoms with Gasteiger partial charge >= 0.3 is 12.1 Å². The summed E-state index contributed by atoms with van der Waals surface area (Å²) in [6.07, 6.45) is -2.94. The Labute approximate surface area is 272 Å². The van der Waals surface area contributed by atoms with Crippen LogP contribution in [0.25, 0.3) is 5.69 Å². The van der Waals surface area contributed by atoms with E-state index in [1.807, 2.05) is 0 Å². The molecule has 0 radical (unpaired) electrons. The Bertz CT molecular complexity index is 1890. The van der Waals surface area contributed by atoms with Crippen molar-refractivity contribution in [3.05, 3.63) is 109 Å². The number of carbonyl (C=O) groups excluding carboxylic acids is 2. The molecule has 9 nitrogen and oxygen atoms in total. The molecule has 0 unspecified atom stereocenters. The summed E-state index contributed by atoms with van der Waals surface area (Å²) in [7, 11) is 0. The fourth-order valence-corrected chi connectivity index (χ4v) is 5.52. The second-order valence-electron chi connectivity index (χ2n) is 10.7. The van der Waals surface area contributed by atoms with E-state index in [0.717, 1.165) is 25.0 Å². The third-order valence-corrected chi connectivity index (χ3v) is 8.70. The first-order chi connectivity index (χ1) is 21.9. The average Bonchev–Trinajstić information content (AvgIpc) is 3.78. The lowest BCUT2D eigenvalue weighted by atomic mass is 10.1. The molecule has 1 N–H and O–H groups in total. The van der Waals surface area contributed by atoms with Gasteiger partial charge in [-0.15, -0.1) is 13.2 Å². The summed E-state index contributed by atoms with van der Waals surface area (Å²) >= 11 is 9.50. The highest BCUT2D eigenvalue weighted by molar-refractivity contribution is 9.10. The van der Waals surface area contributed by atoms with Crippen molar-refractivity contribution in [3.63, 3.8) is 0 Å². The quantitative estimate of drug-likeness (QED) is 0.218. The van der Waals surface area contributed by atoms with Crippen molar-refractivity contribution >= 4 is 39.3 Å². The van der Waals surface area contributed by atoms with E-state index in [1.54, 1.807) is 36.4 Å². The number of rotatable bonds is 8. The number of hydrogen-bond acceptors (Lipinski definition) is 5. The van der Waals surface area contributed by atoms with E-state index in [4.69, 9.17) is 16.3 Å². The van der Waals surface area contributed by atoms with Crippen molar-refractivity contribution in [3.8, 4) is 17.2 Å². The molecule has 0 atom stereocenters. The van der Waals surface area contributed by atoms with Crippen LogP contribution in [0.4, 0.5) is 17.6 Å². The number of aromatic nitrogens is 2. The van der Waals surface area contributed by atoms with Gasteiger partial charge in [0.15, 0.2) is 0 Å². The third kappa shape index (κ3) is 6.77. The molecule has 2 aliphatic rings. The zero-order valence-corrected chi connectivity index (χ0v) is 26.1. The molecule has 240 valence electrons. The van der Waals surface area contributed by atoms with E-state index in [2.05, 4.69) is 26.0 Å². The molecular weight excluding hydrogens is 700 g/mol. The minimum Gasteiger partial charge on any atom is -0.490 e. The fraction of sp³-hybridized carbons (Fsp3) is 0.258. The molecule has 1 fully saturated rings. The van der Waals surface area contributed by atoms with Gasteiger partial charge in [0.05, 0.1) is 29.1 Å². The van der Waals surface area contributed by atoms with Gasteiger partial charge in [0.2, 0.25) is 0 Å². The molecular formula is C31H24BrClF4N4O5. The number of halogens is 6. The van der Waals surface area contributed by atoms with Gasteiger partial charge in [-0.1, -0.05) is 17.7 Å². The van der Waals surface area contributed by atoms with Gasteiger partial charge < -0.3 is 19.7 Å². The Hall–Kier alpha value is -4.30. The Balaban J connectivity index is 1.32. The average molecular weight is 724 g/mol. The van der Waals surface area contributed by atoms with Gasteiger partial charge in [-0.3, -0.25) is 18.7 Å². The zero-order chi connectivity index (χ0) is 32.7. The van der Waals surface area contributed by atoms with E-state index in [0.29, 0.717) is 32.6 Å². The first-order valence-electron chi connectivity index (χ1n) is 14.1. The number of nitrogens with one attached hydrogen (secondary N) is 1. The number of benzene rings is 3. The van der Waals surface area contributed by atoms with Crippen molar-refractivity contribution in [2.24, 2.45) is 0 Å². The number of amides is 2. The monoisotopic (exact) mass is 722 g/mol. The van der Waals surface area contributed by atoms with Crippen molar-refractivity contribution in [2.75, 3.05) is 6.54 Å². The lowest BCUT2D eigenvalue weighted by Crippen LogP contribution is -2.41. The lowest BCUT2D eigenvalue weighted by Gasteiger charge is -2.28. The lowest BCUT2D eigenvalue weighted by molar-refractivity contribution is -0.274. The van der Waals surface area contributed by atoms with Crippen LogP contribution < -0.4 is 20.5 Å². The van der Waals surface area contributed by atoms with Crippen LogP contribution in [-0.4, -0.2) is 44.9 Å². The molecule has 0 bridgehead atoms. The molecule has 1 aliphatic carbocycles. The smallest absolute Gasteiger partial charge is 0.490 e. The van der Waals surface area contributed by atoms with E-state index in [1.165, 1.54) is 20.1 Å². The molecule has 2 amide bonds. The van der Waals surface area contributed by atoms with Crippen LogP contribution in [0.15, 0.2) is 69.9 Å². The largest absolute Gasteiger partial charge is 0.573 e. The van der Waals surface area contributed by atoms with Gasteiger partial charge in [0.25, 0.3) is 11.8 Å². The molecule has 0 saturated heterocycles. The van der Waals surface area contributed by atoms with Gasteiger partial charge in [-0.25, -0.2) is 9.18 Å². The molecule has 15 heteroatoms. The maximum absolute atomic E-state index is 14.7. The molecule has 4 aromatic rings. The summed E-state index contributed by atoms with van der Waals surface area (Å²) in [5.74, 6) is -2.30. The van der Waals surface area contributed by atoms with Crippen LogP contribution in [0.3, 0.4) is 0 Å². The Morgan fingerprint density at radius 2 is 1.72 bits per heavy atom. The highest BCUT2D eigenvalue weighted by Crippen LogP contribution is 2.29. The maximum Gasteiger partial charge on any atom is 0.573 e. The minimum atomic E-state index is -5.00. The summed E-state index contributed by atoms with van der Waals surface area (Å²) in [5, 5.41) is 2.91. The number of nitrogens with zero attached hydrogens (tertiary/aromatic N) is 3. The Morgan fingerprint density at radius 1 is 1.00 bits per heavy atom. The van der Waals surface area contributed by atoms with E-state index < -0.39 is 36.1 Å². The molecule has 46 heavy (non-hydrogen) atoms. The van der Waals surface area contributed by atoms with Gasteiger partial charge in [0.1, 0.15) is 23.0 Å². The van der Waals surface area contributed by atoms with Crippen molar-refractivity contribution in [2.45, 2.75) is 44.9 Å². The molecule has 1 aliphatic heterocycles. The van der Waals surface area contributed by atoms with Gasteiger partial charge in [-0.05, 0) is 77.3 Å². The van der Waals surface area contributed by atoms with Crippen molar-refractivity contribution in [1.82, 2.24) is 19.4 Å². The predicted octanol–water partition coefficient (Wildman–Crippen LogP) is 6.22. The van der Waals surface area contributed by atoms with E-state index >= 15 is 0 Å². The first-order valence-corrected chi connectivity index (χ1v) is 15.2. The van der Waals surface area contributed by atoms with Crippen molar-refractivity contribution < 1.29 is 36.6 Å². The highest BCUT2D eigenvalue weighted by Gasteiger charge is 2.33. The van der Waals surface area contributed by atoms with Crippen LogP contribution in [0, 0.1) is 5.82 Å². The third-order valence-electron chi connectivity index (χ3n) is 7.47. The number of hydrogen-bond donors (Lipinski definition) is 1. The number of alkyl halides is 3. The standard InChI is InChI=1S/C31H24BrClF4N4O5/c32-23-10-2-17(13-24(23)33)29(43)39-11-12-40-26(16-39)27(41(30(40)44)19-3-6-20(7-4-19)45-21-8-9-21)28(42)38-15-18-1-5-22(14-25(18)34)46-31(35,36)37/h1-7,10,13-14,21H,8-9,11-12,15-16H2,(H,38,42). The summed E-state index contributed by atoms with van der Waals surface area (Å²) in [6.45, 7) is -0.242. The second kappa shape index (κ2) is 12.5.